The van der Waals surface area contributed by atoms with E-state index in [0.717, 1.165) is 5.56 Å². The fourth-order valence-corrected chi connectivity index (χ4v) is 2.50. The number of esters is 3. The van der Waals surface area contributed by atoms with Crippen LogP contribution in [0.25, 0.3) is 0 Å². The van der Waals surface area contributed by atoms with Crippen molar-refractivity contribution in [2.24, 2.45) is 0 Å². The molecule has 0 atom stereocenters. The molecule has 29 heavy (non-hydrogen) atoms. The number of hydrogen-bond acceptors (Lipinski definition) is 8. The van der Waals surface area contributed by atoms with Gasteiger partial charge in [-0.3, -0.25) is 14.4 Å². The third-order valence-electron chi connectivity index (χ3n) is 3.83. The Balaban J connectivity index is 1.82. The van der Waals surface area contributed by atoms with Crippen LogP contribution in [-0.4, -0.2) is 34.7 Å². The van der Waals surface area contributed by atoms with Crippen LogP contribution in [0.2, 0.25) is 0 Å². The second kappa shape index (κ2) is 10.1. The molecule has 0 heterocycles. The lowest BCUT2D eigenvalue weighted by Gasteiger charge is -2.09. The van der Waals surface area contributed by atoms with Crippen molar-refractivity contribution in [3.8, 4) is 23.0 Å². The summed E-state index contributed by atoms with van der Waals surface area (Å²) in [7, 11) is 0. The lowest BCUT2D eigenvalue weighted by molar-refractivity contribution is -0.143. The number of benzene rings is 2. The van der Waals surface area contributed by atoms with E-state index in [4.69, 9.17) is 14.2 Å². The number of phenols is 2. The molecule has 0 aliphatic rings. The van der Waals surface area contributed by atoms with E-state index in [1.165, 1.54) is 38.1 Å². The van der Waals surface area contributed by atoms with Gasteiger partial charge in [0.15, 0.2) is 23.0 Å². The normalized spacial score (nSPS) is 10.3. The van der Waals surface area contributed by atoms with Crippen LogP contribution in [0.3, 0.4) is 0 Å². The Kier molecular flexibility index (Phi) is 7.59. The quantitative estimate of drug-likeness (QED) is 0.511. The molecule has 0 aliphatic carbocycles. The van der Waals surface area contributed by atoms with Gasteiger partial charge >= 0.3 is 17.9 Å². The molecule has 0 radical (unpaired) electrons. The minimum atomic E-state index is -0.553. The van der Waals surface area contributed by atoms with E-state index in [-0.39, 0.29) is 36.0 Å². The van der Waals surface area contributed by atoms with Crippen LogP contribution in [0.1, 0.15) is 31.4 Å². The molecule has 0 saturated heterocycles. The van der Waals surface area contributed by atoms with E-state index >= 15 is 0 Å². The Morgan fingerprint density at radius 1 is 0.793 bits per heavy atom. The van der Waals surface area contributed by atoms with Crippen molar-refractivity contribution in [2.45, 2.75) is 33.1 Å². The second-order valence-corrected chi connectivity index (χ2v) is 6.26. The van der Waals surface area contributed by atoms with Crippen molar-refractivity contribution in [3.63, 3.8) is 0 Å². The van der Waals surface area contributed by atoms with Crippen molar-refractivity contribution in [2.75, 3.05) is 6.61 Å². The van der Waals surface area contributed by atoms with E-state index in [1.54, 1.807) is 12.1 Å². The van der Waals surface area contributed by atoms with Gasteiger partial charge in [-0.1, -0.05) is 12.1 Å². The van der Waals surface area contributed by atoms with Crippen LogP contribution in [0.15, 0.2) is 36.4 Å². The van der Waals surface area contributed by atoms with E-state index in [1.807, 2.05) is 0 Å². The SMILES string of the molecule is CC(=O)Oc1cc(CCOC(=O)CCc2ccc(O)c(OC(C)=O)c2)ccc1O. The highest BCUT2D eigenvalue weighted by Crippen LogP contribution is 2.28. The summed E-state index contributed by atoms with van der Waals surface area (Å²) in [5.74, 6) is -1.72. The van der Waals surface area contributed by atoms with Crippen molar-refractivity contribution >= 4 is 17.9 Å². The Morgan fingerprint density at radius 2 is 1.28 bits per heavy atom. The van der Waals surface area contributed by atoms with Crippen molar-refractivity contribution in [3.05, 3.63) is 47.5 Å². The van der Waals surface area contributed by atoms with Crippen molar-refractivity contribution in [1.29, 1.82) is 0 Å². The smallest absolute Gasteiger partial charge is 0.308 e. The van der Waals surface area contributed by atoms with Gasteiger partial charge in [-0.2, -0.15) is 0 Å². The standard InChI is InChI=1S/C21H22O8/c1-13(22)28-19-11-15(3-6-17(19)24)5-8-21(26)27-10-9-16-4-7-18(25)20(12-16)29-14(2)23/h3-4,6-7,11-12,24-25H,5,8-10H2,1-2H3. The summed E-state index contributed by atoms with van der Waals surface area (Å²) < 4.78 is 15.0. The zero-order valence-corrected chi connectivity index (χ0v) is 16.1. The molecule has 154 valence electrons. The van der Waals surface area contributed by atoms with E-state index in [9.17, 15) is 24.6 Å². The highest BCUT2D eigenvalue weighted by Gasteiger charge is 2.10. The number of ether oxygens (including phenoxy) is 3. The van der Waals surface area contributed by atoms with Crippen LogP contribution in [0.4, 0.5) is 0 Å². The molecule has 0 bridgehead atoms. The second-order valence-electron chi connectivity index (χ2n) is 6.26. The largest absolute Gasteiger partial charge is 0.504 e. The van der Waals surface area contributed by atoms with Crippen LogP contribution < -0.4 is 9.47 Å². The average molecular weight is 402 g/mol. The zero-order chi connectivity index (χ0) is 21.4. The highest BCUT2D eigenvalue weighted by molar-refractivity contribution is 5.71. The predicted molar refractivity (Wildman–Crippen MR) is 102 cm³/mol. The Bertz CT molecular complexity index is 904. The molecule has 0 aliphatic heterocycles. The number of carbonyl (C=O) groups is 3. The number of phenolic OH excluding ortho intramolecular Hbond substituents is 2. The van der Waals surface area contributed by atoms with Crippen LogP contribution in [-0.2, 0) is 32.0 Å². The molecular weight excluding hydrogens is 380 g/mol. The maximum absolute atomic E-state index is 11.9. The molecule has 0 fully saturated rings. The summed E-state index contributed by atoms with van der Waals surface area (Å²) >= 11 is 0. The lowest BCUT2D eigenvalue weighted by Crippen LogP contribution is -2.09. The number of hydrogen-bond donors (Lipinski definition) is 2. The van der Waals surface area contributed by atoms with Crippen molar-refractivity contribution < 1.29 is 38.8 Å². The molecule has 2 rings (SSSR count). The molecule has 0 unspecified atom stereocenters. The number of carbonyl (C=O) groups excluding carboxylic acids is 3. The molecule has 8 heteroatoms. The Labute approximate surface area is 167 Å². The van der Waals surface area contributed by atoms with Gasteiger partial charge in [-0.25, -0.2) is 0 Å². The predicted octanol–water partition coefficient (Wildman–Crippen LogP) is 2.67. The van der Waals surface area contributed by atoms with Crippen molar-refractivity contribution in [1.82, 2.24) is 0 Å². The van der Waals surface area contributed by atoms with E-state index in [0.29, 0.717) is 18.4 Å². The fraction of sp³-hybridized carbons (Fsp3) is 0.286. The molecule has 2 aromatic rings. The first kappa shape index (κ1) is 21.7. The van der Waals surface area contributed by atoms with Gasteiger partial charge in [0.05, 0.1) is 6.61 Å². The van der Waals surface area contributed by atoms with Gasteiger partial charge in [-0.05, 0) is 41.8 Å². The maximum atomic E-state index is 11.9. The Morgan fingerprint density at radius 3 is 1.76 bits per heavy atom. The van der Waals surface area contributed by atoms with Gasteiger partial charge in [0.2, 0.25) is 0 Å². The van der Waals surface area contributed by atoms with Crippen LogP contribution in [0, 0.1) is 0 Å². The van der Waals surface area contributed by atoms with Gasteiger partial charge in [0.1, 0.15) is 0 Å². The van der Waals surface area contributed by atoms with Gasteiger partial charge < -0.3 is 24.4 Å². The minimum Gasteiger partial charge on any atom is -0.504 e. The third-order valence-corrected chi connectivity index (χ3v) is 3.83. The molecule has 2 N–H and O–H groups in total. The summed E-state index contributed by atoms with van der Waals surface area (Å²) in [6.07, 6.45) is 0.845. The zero-order valence-electron chi connectivity index (χ0n) is 16.1. The average Bonchev–Trinajstić information content (AvgIpc) is 2.64. The molecule has 0 saturated carbocycles. The molecule has 0 spiro atoms. The lowest BCUT2D eigenvalue weighted by atomic mass is 10.1. The minimum absolute atomic E-state index is 0.0410. The number of rotatable bonds is 8. The molecule has 8 nitrogen and oxygen atoms in total. The van der Waals surface area contributed by atoms with Crippen LogP contribution >= 0.6 is 0 Å². The molecule has 0 amide bonds. The first-order chi connectivity index (χ1) is 13.7. The van der Waals surface area contributed by atoms with E-state index < -0.39 is 17.9 Å². The van der Waals surface area contributed by atoms with Crippen LogP contribution in [0.5, 0.6) is 23.0 Å². The fourth-order valence-electron chi connectivity index (χ4n) is 2.50. The molecule has 2 aromatic carbocycles. The Hall–Kier alpha value is -3.55. The topological polar surface area (TPSA) is 119 Å². The summed E-state index contributed by atoms with van der Waals surface area (Å²) in [5, 5.41) is 19.3. The molecule has 0 aromatic heterocycles. The first-order valence-corrected chi connectivity index (χ1v) is 8.91. The van der Waals surface area contributed by atoms with E-state index in [2.05, 4.69) is 0 Å². The monoisotopic (exact) mass is 402 g/mol. The maximum Gasteiger partial charge on any atom is 0.308 e. The first-order valence-electron chi connectivity index (χ1n) is 8.91. The number of aromatic hydroxyl groups is 2. The van der Waals surface area contributed by atoms with Gasteiger partial charge in [-0.15, -0.1) is 0 Å². The highest BCUT2D eigenvalue weighted by atomic mass is 16.5. The summed E-state index contributed by atoms with van der Waals surface area (Å²) in [6.45, 7) is 2.58. The number of aryl methyl sites for hydroxylation is 1. The summed E-state index contributed by atoms with van der Waals surface area (Å²) in [6, 6.07) is 9.08. The van der Waals surface area contributed by atoms with Gasteiger partial charge in [0.25, 0.3) is 0 Å². The van der Waals surface area contributed by atoms with Gasteiger partial charge in [0, 0.05) is 26.7 Å². The summed E-state index contributed by atoms with van der Waals surface area (Å²) in [5.41, 5.74) is 1.44. The third kappa shape index (κ3) is 7.17. The molecular formula is C21H22O8. The summed E-state index contributed by atoms with van der Waals surface area (Å²) in [4.78, 5) is 34.0.